The van der Waals surface area contributed by atoms with Gasteiger partial charge in [-0.3, -0.25) is 4.79 Å². The lowest BCUT2D eigenvalue weighted by molar-refractivity contribution is -0.111. The van der Waals surface area contributed by atoms with Crippen LogP contribution in [0.25, 0.3) is 10.9 Å². The minimum absolute atomic E-state index is 0.127. The van der Waals surface area contributed by atoms with E-state index < -0.39 is 0 Å². The fourth-order valence-corrected chi connectivity index (χ4v) is 1.57. The van der Waals surface area contributed by atoms with Crippen molar-refractivity contribution in [3.8, 4) is 0 Å². The molecule has 0 fully saturated rings. The number of carbonyl (C=O) groups excluding carboxylic acids is 1. The Morgan fingerprint density at radius 2 is 2.18 bits per heavy atom. The molecule has 17 heavy (non-hydrogen) atoms. The maximum absolute atomic E-state index is 11.5. The maximum atomic E-state index is 11.5. The van der Waals surface area contributed by atoms with E-state index in [1.165, 1.54) is 6.08 Å². The van der Waals surface area contributed by atoms with Crippen molar-refractivity contribution in [3.63, 3.8) is 0 Å². The fraction of sp³-hybridized carbons (Fsp3) is 0.0714. The molecule has 3 nitrogen and oxygen atoms in total. The summed E-state index contributed by atoms with van der Waals surface area (Å²) in [6, 6.07) is 7.73. The molecule has 0 atom stereocenters. The van der Waals surface area contributed by atoms with Gasteiger partial charge in [-0.1, -0.05) is 18.2 Å². The Morgan fingerprint density at radius 3 is 3.00 bits per heavy atom. The van der Waals surface area contributed by atoms with Gasteiger partial charge in [-0.15, -0.1) is 0 Å². The third kappa shape index (κ3) is 2.84. The highest BCUT2D eigenvalue weighted by Gasteiger charge is 1.99. The van der Waals surface area contributed by atoms with Crippen LogP contribution in [0, 0.1) is 0 Å². The molecule has 1 aromatic carbocycles. The molecular formula is C14H14N2O. The number of amides is 1. The summed E-state index contributed by atoms with van der Waals surface area (Å²) in [7, 11) is 0. The number of H-pyrrole nitrogens is 1. The molecule has 1 heterocycles. The number of anilines is 1. The molecule has 0 unspecified atom stereocenters. The molecule has 2 N–H and O–H groups in total. The lowest BCUT2D eigenvalue weighted by Crippen LogP contribution is -2.07. The Hall–Kier alpha value is -2.29. The topological polar surface area (TPSA) is 44.9 Å². The van der Waals surface area contributed by atoms with E-state index in [-0.39, 0.29) is 5.91 Å². The first-order valence-electron chi connectivity index (χ1n) is 5.47. The molecule has 1 amide bonds. The van der Waals surface area contributed by atoms with Gasteiger partial charge < -0.3 is 10.3 Å². The summed E-state index contributed by atoms with van der Waals surface area (Å²) in [5.74, 6) is -0.127. The van der Waals surface area contributed by atoms with E-state index in [1.54, 1.807) is 6.08 Å². The van der Waals surface area contributed by atoms with Gasteiger partial charge in [0.15, 0.2) is 0 Å². The number of rotatable bonds is 3. The number of aromatic amines is 1. The smallest absolute Gasteiger partial charge is 0.248 e. The molecule has 0 saturated heterocycles. The Morgan fingerprint density at radius 1 is 1.29 bits per heavy atom. The summed E-state index contributed by atoms with van der Waals surface area (Å²) < 4.78 is 0. The van der Waals surface area contributed by atoms with E-state index in [2.05, 4.69) is 10.3 Å². The number of benzene rings is 1. The molecular weight excluding hydrogens is 212 g/mol. The second-order valence-electron chi connectivity index (χ2n) is 3.65. The first-order chi connectivity index (χ1) is 8.29. The van der Waals surface area contributed by atoms with Crippen LogP contribution in [0.1, 0.15) is 6.92 Å². The largest absolute Gasteiger partial charge is 0.361 e. The molecule has 3 heteroatoms. The molecule has 0 spiro atoms. The zero-order chi connectivity index (χ0) is 12.1. The standard InChI is InChI=1S/C14H14N2O/c1-2-3-4-5-14(17)16-12-6-7-13-11(10-12)8-9-15-13/h2-10,15H,1H3,(H,16,17). The van der Waals surface area contributed by atoms with Crippen LogP contribution in [0.2, 0.25) is 0 Å². The van der Waals surface area contributed by atoms with Crippen molar-refractivity contribution in [2.75, 3.05) is 5.32 Å². The predicted molar refractivity (Wildman–Crippen MR) is 70.9 cm³/mol. The average molecular weight is 226 g/mol. The van der Waals surface area contributed by atoms with Gasteiger partial charge >= 0.3 is 0 Å². The van der Waals surface area contributed by atoms with Crippen LogP contribution in [-0.2, 0) is 4.79 Å². The van der Waals surface area contributed by atoms with E-state index in [1.807, 2.05) is 49.5 Å². The molecule has 86 valence electrons. The molecule has 0 radical (unpaired) electrons. The molecule has 0 saturated carbocycles. The maximum Gasteiger partial charge on any atom is 0.248 e. The van der Waals surface area contributed by atoms with Gasteiger partial charge in [0.05, 0.1) is 0 Å². The Bertz CT molecular complexity index is 579. The van der Waals surface area contributed by atoms with Crippen molar-refractivity contribution in [3.05, 3.63) is 54.8 Å². The van der Waals surface area contributed by atoms with Crippen molar-refractivity contribution in [2.45, 2.75) is 6.92 Å². The molecule has 0 aliphatic carbocycles. The number of hydrogen-bond acceptors (Lipinski definition) is 1. The number of nitrogens with one attached hydrogen (secondary N) is 2. The van der Waals surface area contributed by atoms with Crippen LogP contribution in [0.4, 0.5) is 5.69 Å². The minimum atomic E-state index is -0.127. The van der Waals surface area contributed by atoms with E-state index in [4.69, 9.17) is 0 Å². The van der Waals surface area contributed by atoms with Crippen LogP contribution in [0.5, 0.6) is 0 Å². The van der Waals surface area contributed by atoms with Crippen molar-refractivity contribution in [1.29, 1.82) is 0 Å². The normalized spacial score (nSPS) is 11.6. The number of carbonyl (C=O) groups is 1. The summed E-state index contributed by atoms with van der Waals surface area (Å²) in [6.07, 6.45) is 8.78. The third-order valence-electron chi connectivity index (χ3n) is 2.37. The van der Waals surface area contributed by atoms with Gasteiger partial charge in [0.25, 0.3) is 0 Å². The van der Waals surface area contributed by atoms with E-state index in [9.17, 15) is 4.79 Å². The molecule has 0 aliphatic heterocycles. The summed E-state index contributed by atoms with van der Waals surface area (Å²) >= 11 is 0. The molecule has 0 bridgehead atoms. The Balaban J connectivity index is 2.10. The quantitative estimate of drug-likeness (QED) is 0.612. The van der Waals surface area contributed by atoms with Crippen LogP contribution < -0.4 is 5.32 Å². The predicted octanol–water partition coefficient (Wildman–Crippen LogP) is 3.24. The van der Waals surface area contributed by atoms with E-state index in [0.717, 1.165) is 16.6 Å². The number of hydrogen-bond donors (Lipinski definition) is 2. The van der Waals surface area contributed by atoms with Gasteiger partial charge in [0, 0.05) is 28.9 Å². The first kappa shape index (κ1) is 11.2. The van der Waals surface area contributed by atoms with E-state index in [0.29, 0.717) is 0 Å². The first-order valence-corrected chi connectivity index (χ1v) is 5.47. The summed E-state index contributed by atoms with van der Waals surface area (Å²) in [4.78, 5) is 14.6. The second kappa shape index (κ2) is 5.16. The van der Waals surface area contributed by atoms with Crippen LogP contribution in [0.3, 0.4) is 0 Å². The number of aromatic nitrogens is 1. The Kier molecular flexibility index (Phi) is 3.40. The summed E-state index contributed by atoms with van der Waals surface area (Å²) in [5, 5.41) is 3.89. The fourth-order valence-electron chi connectivity index (χ4n) is 1.57. The van der Waals surface area contributed by atoms with Gasteiger partial charge in [-0.25, -0.2) is 0 Å². The van der Waals surface area contributed by atoms with Crippen molar-refractivity contribution < 1.29 is 4.79 Å². The third-order valence-corrected chi connectivity index (χ3v) is 2.37. The lowest BCUT2D eigenvalue weighted by Gasteiger charge is -2.01. The molecule has 2 rings (SSSR count). The van der Waals surface area contributed by atoms with Gasteiger partial charge in [-0.2, -0.15) is 0 Å². The van der Waals surface area contributed by atoms with Crippen molar-refractivity contribution in [2.24, 2.45) is 0 Å². The SMILES string of the molecule is CC=CC=CC(=O)Nc1ccc2[nH]ccc2c1. The zero-order valence-corrected chi connectivity index (χ0v) is 9.60. The van der Waals surface area contributed by atoms with Crippen LogP contribution in [0.15, 0.2) is 54.8 Å². The Labute approximate surface area is 99.8 Å². The summed E-state index contributed by atoms with van der Waals surface area (Å²) in [6.45, 7) is 1.90. The van der Waals surface area contributed by atoms with Crippen LogP contribution in [-0.4, -0.2) is 10.9 Å². The lowest BCUT2D eigenvalue weighted by atomic mass is 10.2. The molecule has 2 aromatic rings. The highest BCUT2D eigenvalue weighted by Crippen LogP contribution is 2.17. The monoisotopic (exact) mass is 226 g/mol. The highest BCUT2D eigenvalue weighted by atomic mass is 16.1. The summed E-state index contributed by atoms with van der Waals surface area (Å²) in [5.41, 5.74) is 1.86. The van der Waals surface area contributed by atoms with Gasteiger partial charge in [-0.05, 0) is 31.2 Å². The van der Waals surface area contributed by atoms with Crippen LogP contribution >= 0.6 is 0 Å². The second-order valence-corrected chi connectivity index (χ2v) is 3.65. The highest BCUT2D eigenvalue weighted by molar-refractivity contribution is 6.00. The van der Waals surface area contributed by atoms with E-state index >= 15 is 0 Å². The molecule has 1 aromatic heterocycles. The van der Waals surface area contributed by atoms with Gasteiger partial charge in [0.1, 0.15) is 0 Å². The average Bonchev–Trinajstić information content (AvgIpc) is 2.76. The zero-order valence-electron chi connectivity index (χ0n) is 9.60. The van der Waals surface area contributed by atoms with Crippen molar-refractivity contribution >= 4 is 22.5 Å². The number of fused-ring (bicyclic) bond motifs is 1. The van der Waals surface area contributed by atoms with Gasteiger partial charge in [0.2, 0.25) is 5.91 Å². The molecule has 0 aliphatic rings. The minimum Gasteiger partial charge on any atom is -0.361 e. The number of allylic oxidation sites excluding steroid dienone is 3. The van der Waals surface area contributed by atoms with Crippen molar-refractivity contribution in [1.82, 2.24) is 4.98 Å².